The first-order chi connectivity index (χ1) is 9.07. The fourth-order valence-corrected chi connectivity index (χ4v) is 3.65. The number of ether oxygens (including phenoxy) is 1. The Labute approximate surface area is 116 Å². The summed E-state index contributed by atoms with van der Waals surface area (Å²) in [5.74, 6) is 0.743. The number of unbranched alkanes of at least 4 members (excludes halogenated alkanes) is 3. The van der Waals surface area contributed by atoms with Gasteiger partial charge in [0.15, 0.2) is 0 Å². The lowest BCUT2D eigenvalue weighted by Gasteiger charge is -2.54. The zero-order valence-corrected chi connectivity index (χ0v) is 12.3. The van der Waals surface area contributed by atoms with Crippen LogP contribution in [0.2, 0.25) is 0 Å². The molecule has 19 heavy (non-hydrogen) atoms. The molecule has 1 saturated carbocycles. The number of amides is 1. The van der Waals surface area contributed by atoms with Crippen LogP contribution in [0, 0.1) is 11.3 Å². The van der Waals surface area contributed by atoms with Gasteiger partial charge in [-0.05, 0) is 25.8 Å². The molecule has 0 spiro atoms. The normalized spacial score (nSPS) is 31.6. The molecule has 1 aliphatic heterocycles. The summed E-state index contributed by atoms with van der Waals surface area (Å²) in [6.07, 6.45) is 6.38. The maximum absolute atomic E-state index is 12.0. The molecule has 2 aliphatic rings. The van der Waals surface area contributed by atoms with Gasteiger partial charge in [-0.25, -0.2) is 0 Å². The minimum absolute atomic E-state index is 0.0936. The summed E-state index contributed by atoms with van der Waals surface area (Å²) in [4.78, 5) is 12.0. The van der Waals surface area contributed by atoms with Crippen LogP contribution >= 0.6 is 0 Å². The van der Waals surface area contributed by atoms with Gasteiger partial charge in [0.2, 0.25) is 5.91 Å². The smallest absolute Gasteiger partial charge is 0.220 e. The van der Waals surface area contributed by atoms with Crippen LogP contribution in [0.5, 0.6) is 0 Å². The molecule has 2 fully saturated rings. The van der Waals surface area contributed by atoms with E-state index in [0.29, 0.717) is 24.5 Å². The Morgan fingerprint density at radius 1 is 1.32 bits per heavy atom. The number of carbonyl (C=O) groups excluding carboxylic acids is 1. The zero-order valence-electron chi connectivity index (χ0n) is 12.3. The van der Waals surface area contributed by atoms with Crippen molar-refractivity contribution >= 4 is 5.91 Å². The van der Waals surface area contributed by atoms with Gasteiger partial charge in [-0.2, -0.15) is 0 Å². The Morgan fingerprint density at radius 3 is 2.79 bits per heavy atom. The Balaban J connectivity index is 1.68. The van der Waals surface area contributed by atoms with E-state index >= 15 is 0 Å². The summed E-state index contributed by atoms with van der Waals surface area (Å²) in [5, 5.41) is 3.23. The van der Waals surface area contributed by atoms with Gasteiger partial charge in [-0.3, -0.25) is 4.79 Å². The predicted octanol–water partition coefficient (Wildman–Crippen LogP) is 1.83. The summed E-state index contributed by atoms with van der Waals surface area (Å²) in [6, 6.07) is 0.302. The third-order valence-corrected chi connectivity index (χ3v) is 4.77. The van der Waals surface area contributed by atoms with Gasteiger partial charge in [-0.1, -0.05) is 26.7 Å². The van der Waals surface area contributed by atoms with Crippen molar-refractivity contribution in [3.05, 3.63) is 0 Å². The maximum atomic E-state index is 12.0. The summed E-state index contributed by atoms with van der Waals surface area (Å²) in [7, 11) is 0. The lowest BCUT2D eigenvalue weighted by atomic mass is 9.57. The highest BCUT2D eigenvalue weighted by Gasteiger charge is 2.59. The Hall–Kier alpha value is -0.610. The van der Waals surface area contributed by atoms with Gasteiger partial charge in [0.25, 0.3) is 0 Å². The summed E-state index contributed by atoms with van der Waals surface area (Å²) < 4.78 is 5.74. The predicted molar refractivity (Wildman–Crippen MR) is 75.7 cm³/mol. The average molecular weight is 268 g/mol. The van der Waals surface area contributed by atoms with Crippen LogP contribution < -0.4 is 11.1 Å². The number of hydrogen-bond acceptors (Lipinski definition) is 3. The molecule has 3 atom stereocenters. The van der Waals surface area contributed by atoms with Crippen molar-refractivity contribution in [3.63, 3.8) is 0 Å². The number of carbonyl (C=O) groups is 1. The Morgan fingerprint density at radius 2 is 2.05 bits per heavy atom. The van der Waals surface area contributed by atoms with Crippen molar-refractivity contribution in [2.75, 3.05) is 13.2 Å². The zero-order chi connectivity index (χ0) is 13.9. The van der Waals surface area contributed by atoms with Crippen molar-refractivity contribution in [2.45, 2.75) is 64.5 Å². The molecule has 3 N–H and O–H groups in total. The van der Waals surface area contributed by atoms with Crippen LogP contribution in [0.15, 0.2) is 0 Å². The second-order valence-electron chi connectivity index (χ2n) is 6.56. The van der Waals surface area contributed by atoms with E-state index in [4.69, 9.17) is 10.5 Å². The molecule has 2 rings (SSSR count). The topological polar surface area (TPSA) is 64.4 Å². The third kappa shape index (κ3) is 3.11. The van der Waals surface area contributed by atoms with E-state index in [0.717, 1.165) is 45.3 Å². The number of rotatable bonds is 7. The molecule has 1 aliphatic carbocycles. The van der Waals surface area contributed by atoms with Crippen LogP contribution in [-0.4, -0.2) is 31.2 Å². The first-order valence-electron chi connectivity index (χ1n) is 7.68. The van der Waals surface area contributed by atoms with E-state index in [9.17, 15) is 4.79 Å². The minimum atomic E-state index is 0.0936. The minimum Gasteiger partial charge on any atom is -0.377 e. The highest BCUT2D eigenvalue weighted by molar-refractivity contribution is 5.76. The highest BCUT2D eigenvalue weighted by Crippen LogP contribution is 2.52. The number of nitrogens with one attached hydrogen (secondary N) is 1. The Kier molecular flexibility index (Phi) is 4.85. The third-order valence-electron chi connectivity index (χ3n) is 4.77. The van der Waals surface area contributed by atoms with Gasteiger partial charge in [-0.15, -0.1) is 0 Å². The molecule has 1 saturated heterocycles. The molecular weight excluding hydrogens is 240 g/mol. The molecule has 1 amide bonds. The van der Waals surface area contributed by atoms with Crippen molar-refractivity contribution in [2.24, 2.45) is 17.1 Å². The van der Waals surface area contributed by atoms with Crippen molar-refractivity contribution in [3.8, 4) is 0 Å². The van der Waals surface area contributed by atoms with E-state index in [1.165, 1.54) is 0 Å². The first-order valence-corrected chi connectivity index (χ1v) is 7.68. The molecular formula is C15H28N2O2. The van der Waals surface area contributed by atoms with Crippen LogP contribution in [0.3, 0.4) is 0 Å². The van der Waals surface area contributed by atoms with Gasteiger partial charge in [0.1, 0.15) is 0 Å². The van der Waals surface area contributed by atoms with Crippen LogP contribution in [0.1, 0.15) is 52.4 Å². The standard InChI is InChI=1S/C15H28N2O2/c1-15(2)13(11-8-10-19-14(11)15)17-12(18)7-5-3-4-6-9-16/h11,13-14H,3-10,16H2,1-2H3,(H,17,18). The lowest BCUT2D eigenvalue weighted by molar-refractivity contribution is -0.137. The molecule has 0 aromatic heterocycles. The highest BCUT2D eigenvalue weighted by atomic mass is 16.5. The Bertz CT molecular complexity index is 317. The molecule has 0 bridgehead atoms. The van der Waals surface area contributed by atoms with Gasteiger partial charge < -0.3 is 15.8 Å². The van der Waals surface area contributed by atoms with E-state index in [1.54, 1.807) is 0 Å². The largest absolute Gasteiger partial charge is 0.377 e. The molecule has 4 nitrogen and oxygen atoms in total. The molecule has 0 aromatic rings. The van der Waals surface area contributed by atoms with Gasteiger partial charge in [0, 0.05) is 30.4 Å². The quantitative estimate of drug-likeness (QED) is 0.692. The monoisotopic (exact) mass is 268 g/mol. The van der Waals surface area contributed by atoms with Crippen LogP contribution in [0.25, 0.3) is 0 Å². The molecule has 3 unspecified atom stereocenters. The van der Waals surface area contributed by atoms with E-state index in [2.05, 4.69) is 19.2 Å². The number of fused-ring (bicyclic) bond motifs is 1. The van der Waals surface area contributed by atoms with E-state index in [-0.39, 0.29) is 11.3 Å². The summed E-state index contributed by atoms with van der Waals surface area (Å²) in [6.45, 7) is 6.01. The number of nitrogens with two attached hydrogens (primary N) is 1. The van der Waals surface area contributed by atoms with Gasteiger partial charge >= 0.3 is 0 Å². The van der Waals surface area contributed by atoms with Crippen LogP contribution in [0.4, 0.5) is 0 Å². The number of hydrogen-bond donors (Lipinski definition) is 2. The summed E-state index contributed by atoms with van der Waals surface area (Å²) >= 11 is 0. The second kappa shape index (κ2) is 6.23. The molecule has 1 heterocycles. The van der Waals surface area contributed by atoms with E-state index < -0.39 is 0 Å². The first kappa shape index (κ1) is 14.8. The average Bonchev–Trinajstić information content (AvgIpc) is 2.82. The molecule has 0 radical (unpaired) electrons. The molecule has 110 valence electrons. The van der Waals surface area contributed by atoms with Crippen molar-refractivity contribution in [1.29, 1.82) is 0 Å². The van der Waals surface area contributed by atoms with Gasteiger partial charge in [0.05, 0.1) is 6.10 Å². The second-order valence-corrected chi connectivity index (χ2v) is 6.56. The van der Waals surface area contributed by atoms with Crippen LogP contribution in [-0.2, 0) is 9.53 Å². The maximum Gasteiger partial charge on any atom is 0.220 e. The summed E-state index contributed by atoms with van der Waals surface area (Å²) in [5.41, 5.74) is 5.54. The fourth-order valence-electron chi connectivity index (χ4n) is 3.65. The SMILES string of the molecule is CC1(C)C(NC(=O)CCCCCCN)C2CCOC21. The molecule has 4 heteroatoms. The molecule has 0 aromatic carbocycles. The lowest BCUT2D eigenvalue weighted by Crippen LogP contribution is -2.66. The van der Waals surface area contributed by atoms with Crippen molar-refractivity contribution < 1.29 is 9.53 Å². The van der Waals surface area contributed by atoms with Crippen molar-refractivity contribution in [1.82, 2.24) is 5.32 Å². The fraction of sp³-hybridized carbons (Fsp3) is 0.933. The van der Waals surface area contributed by atoms with E-state index in [1.807, 2.05) is 0 Å².